The highest BCUT2D eigenvalue weighted by atomic mass is 16.4. The fraction of sp³-hybridized carbons (Fsp3) is 0.182. The minimum absolute atomic E-state index is 0.265. The lowest BCUT2D eigenvalue weighted by atomic mass is 10.2. The predicted octanol–water partition coefficient (Wildman–Crippen LogP) is 3.13. The number of anilines is 4. The molecule has 0 saturated heterocycles. The maximum Gasteiger partial charge on any atom is 0.331 e. The fourth-order valence-electron chi connectivity index (χ4n) is 2.92. The van der Waals surface area contributed by atoms with Crippen molar-refractivity contribution >= 4 is 47.2 Å². The van der Waals surface area contributed by atoms with Crippen LogP contribution < -0.4 is 9.80 Å². The molecule has 33 heavy (non-hydrogen) atoms. The summed E-state index contributed by atoms with van der Waals surface area (Å²) < 4.78 is 5.67. The monoisotopic (exact) mass is 452 g/mol. The van der Waals surface area contributed by atoms with Gasteiger partial charge in [-0.1, -0.05) is 46.6 Å². The molecule has 3 rings (SSSR count). The molecule has 11 nitrogen and oxygen atoms in total. The van der Waals surface area contributed by atoms with Crippen molar-refractivity contribution in [3.8, 4) is 0 Å². The molecule has 170 valence electrons. The summed E-state index contributed by atoms with van der Waals surface area (Å²) in [6.45, 7) is 0. The zero-order valence-corrected chi connectivity index (χ0v) is 17.3. The molecule has 2 N–H and O–H groups in total. The van der Waals surface area contributed by atoms with Gasteiger partial charge in [-0.3, -0.25) is 19.2 Å². The highest BCUT2D eigenvalue weighted by Gasteiger charge is 2.28. The van der Waals surface area contributed by atoms with Crippen LogP contribution in [0.2, 0.25) is 0 Å². The highest BCUT2D eigenvalue weighted by molar-refractivity contribution is 6.01. The molecule has 0 aliphatic rings. The zero-order valence-electron chi connectivity index (χ0n) is 17.3. The second kappa shape index (κ2) is 10.7. The van der Waals surface area contributed by atoms with E-state index in [-0.39, 0.29) is 24.9 Å². The van der Waals surface area contributed by atoms with E-state index >= 15 is 0 Å². The van der Waals surface area contributed by atoms with Crippen molar-refractivity contribution in [2.24, 2.45) is 0 Å². The van der Waals surface area contributed by atoms with Crippen molar-refractivity contribution in [2.45, 2.75) is 25.7 Å². The number of amides is 2. The normalized spacial score (nSPS) is 10.4. The predicted molar refractivity (Wildman–Crippen MR) is 115 cm³/mol. The minimum Gasteiger partial charge on any atom is -0.481 e. The Morgan fingerprint density at radius 1 is 0.636 bits per heavy atom. The van der Waals surface area contributed by atoms with Gasteiger partial charge in [0, 0.05) is 12.8 Å². The molecule has 0 bridgehead atoms. The van der Waals surface area contributed by atoms with Gasteiger partial charge in [-0.2, -0.15) is 0 Å². The summed E-state index contributed by atoms with van der Waals surface area (Å²) in [5.41, 5.74) is 0.734. The Morgan fingerprint density at radius 2 is 1.00 bits per heavy atom. The molecule has 0 radical (unpaired) electrons. The molecule has 2 amide bonds. The number of para-hydroxylation sites is 2. The van der Waals surface area contributed by atoms with E-state index in [0.29, 0.717) is 11.4 Å². The first-order chi connectivity index (χ1) is 15.9. The molecule has 1 aromatic heterocycles. The third-order valence-corrected chi connectivity index (χ3v) is 4.42. The molecule has 0 aliphatic carbocycles. The van der Waals surface area contributed by atoms with Crippen molar-refractivity contribution in [1.82, 2.24) is 10.2 Å². The van der Waals surface area contributed by atoms with Crippen LogP contribution >= 0.6 is 0 Å². The molecule has 2 aromatic carbocycles. The minimum atomic E-state index is -1.14. The van der Waals surface area contributed by atoms with Crippen molar-refractivity contribution in [3.05, 3.63) is 60.7 Å². The molecule has 3 aromatic rings. The number of benzene rings is 2. The molecular weight excluding hydrogens is 432 g/mol. The number of hydrogen-bond acceptors (Lipinski definition) is 7. The molecule has 0 spiro atoms. The van der Waals surface area contributed by atoms with Gasteiger partial charge in [-0.05, 0) is 24.3 Å². The van der Waals surface area contributed by atoms with E-state index in [2.05, 4.69) is 10.2 Å². The van der Waals surface area contributed by atoms with E-state index in [1.165, 1.54) is 0 Å². The molecule has 11 heteroatoms. The Labute approximate surface area is 187 Å². The quantitative estimate of drug-likeness (QED) is 0.472. The van der Waals surface area contributed by atoms with E-state index in [9.17, 15) is 19.2 Å². The van der Waals surface area contributed by atoms with Gasteiger partial charge < -0.3 is 14.6 Å². The third kappa shape index (κ3) is 6.00. The molecule has 0 atom stereocenters. The number of rotatable bonds is 10. The van der Waals surface area contributed by atoms with E-state index in [1.807, 2.05) is 0 Å². The number of carboxylic acids is 2. The second-order valence-electron chi connectivity index (χ2n) is 6.78. The number of carbonyl (C=O) groups is 4. The van der Waals surface area contributed by atoms with Crippen LogP contribution in [0.3, 0.4) is 0 Å². The zero-order chi connectivity index (χ0) is 23.8. The van der Waals surface area contributed by atoms with Crippen LogP contribution in [0.4, 0.5) is 23.4 Å². The van der Waals surface area contributed by atoms with Gasteiger partial charge >= 0.3 is 24.0 Å². The van der Waals surface area contributed by atoms with Crippen LogP contribution in [0.5, 0.6) is 0 Å². The van der Waals surface area contributed by atoms with Gasteiger partial charge in [0.05, 0.1) is 24.2 Å². The lowest BCUT2D eigenvalue weighted by Gasteiger charge is -2.19. The maximum absolute atomic E-state index is 12.8. The van der Waals surface area contributed by atoms with Gasteiger partial charge in [0.1, 0.15) is 0 Å². The largest absolute Gasteiger partial charge is 0.481 e. The summed E-state index contributed by atoms with van der Waals surface area (Å²) in [6.07, 6.45) is -1.43. The Kier molecular flexibility index (Phi) is 7.47. The maximum atomic E-state index is 12.8. The average molecular weight is 452 g/mol. The van der Waals surface area contributed by atoms with Crippen LogP contribution in [0, 0.1) is 0 Å². The van der Waals surface area contributed by atoms with Crippen LogP contribution in [0.1, 0.15) is 25.7 Å². The molecule has 0 fully saturated rings. The molecular formula is C22H20N4O7. The molecule has 0 saturated carbocycles. The topological polar surface area (TPSA) is 154 Å². The van der Waals surface area contributed by atoms with Gasteiger partial charge in [0.25, 0.3) is 0 Å². The number of carboxylic acid groups (broad SMARTS) is 2. The van der Waals surface area contributed by atoms with Crippen molar-refractivity contribution in [3.63, 3.8) is 0 Å². The van der Waals surface area contributed by atoms with Crippen LogP contribution in [-0.2, 0) is 19.2 Å². The molecule has 0 unspecified atom stereocenters. The third-order valence-electron chi connectivity index (χ3n) is 4.42. The standard InChI is InChI=1S/C22H20N4O7/c27-17(11-13-19(29)30)25(15-7-3-1-4-8-15)21-23-24-22(33-21)26(16-9-5-2-6-10-16)18(28)12-14-20(31)32/h1-10H,11-14H2,(H,29,30)(H,31,32). The smallest absolute Gasteiger partial charge is 0.331 e. The first-order valence-corrected chi connectivity index (χ1v) is 9.90. The van der Waals surface area contributed by atoms with Crippen molar-refractivity contribution in [1.29, 1.82) is 0 Å². The Hall–Kier alpha value is -4.54. The Balaban J connectivity index is 1.98. The average Bonchev–Trinajstić information content (AvgIpc) is 3.27. The summed E-state index contributed by atoms with van der Waals surface area (Å²) in [4.78, 5) is 49.6. The van der Waals surface area contributed by atoms with E-state index in [0.717, 1.165) is 9.80 Å². The van der Waals surface area contributed by atoms with E-state index in [1.54, 1.807) is 60.7 Å². The van der Waals surface area contributed by atoms with Crippen molar-refractivity contribution in [2.75, 3.05) is 9.80 Å². The number of aromatic nitrogens is 2. The number of aliphatic carboxylic acids is 2. The highest BCUT2D eigenvalue weighted by Crippen LogP contribution is 2.31. The van der Waals surface area contributed by atoms with E-state index in [4.69, 9.17) is 14.6 Å². The fourth-order valence-corrected chi connectivity index (χ4v) is 2.92. The van der Waals surface area contributed by atoms with Gasteiger partial charge in [0.15, 0.2) is 0 Å². The summed E-state index contributed by atoms with van der Waals surface area (Å²) in [5, 5.41) is 25.7. The summed E-state index contributed by atoms with van der Waals surface area (Å²) in [6, 6.07) is 16.1. The SMILES string of the molecule is O=C(O)CCC(=O)N(c1ccccc1)c1nnc(N(C(=O)CCC(=O)O)c2ccccc2)o1. The first-order valence-electron chi connectivity index (χ1n) is 9.90. The lowest BCUT2D eigenvalue weighted by Crippen LogP contribution is -2.27. The Morgan fingerprint density at radius 3 is 1.33 bits per heavy atom. The second-order valence-corrected chi connectivity index (χ2v) is 6.78. The first kappa shape index (κ1) is 23.1. The lowest BCUT2D eigenvalue weighted by molar-refractivity contribution is -0.139. The van der Waals surface area contributed by atoms with Gasteiger partial charge in [-0.15, -0.1) is 0 Å². The van der Waals surface area contributed by atoms with E-state index < -0.39 is 36.6 Å². The summed E-state index contributed by atoms with van der Waals surface area (Å²) in [5.74, 6) is -3.46. The number of nitrogens with zero attached hydrogens (tertiary/aromatic N) is 4. The molecule has 0 aliphatic heterocycles. The number of hydrogen-bond donors (Lipinski definition) is 2. The van der Waals surface area contributed by atoms with Gasteiger partial charge in [0.2, 0.25) is 11.8 Å². The number of carbonyl (C=O) groups excluding carboxylic acids is 2. The summed E-state index contributed by atoms with van der Waals surface area (Å²) >= 11 is 0. The molecule has 1 heterocycles. The van der Waals surface area contributed by atoms with Crippen molar-refractivity contribution < 1.29 is 33.8 Å². The van der Waals surface area contributed by atoms with Crippen LogP contribution in [0.15, 0.2) is 65.1 Å². The van der Waals surface area contributed by atoms with Gasteiger partial charge in [-0.25, -0.2) is 9.80 Å². The van der Waals surface area contributed by atoms with Crippen LogP contribution in [0.25, 0.3) is 0 Å². The summed E-state index contributed by atoms with van der Waals surface area (Å²) in [7, 11) is 0. The van der Waals surface area contributed by atoms with Crippen LogP contribution in [-0.4, -0.2) is 44.2 Å². The Bertz CT molecular complexity index is 1040.